The van der Waals surface area contributed by atoms with Crippen LogP contribution in [-0.2, 0) is 11.0 Å². The molecule has 144 valence electrons. The standard InChI is InChI=1S/C20H20F3NO3/c21-20(22,23)14-8-9-17(18(10-14)27-12-13-4-1-2-5-13)19(26)24-15-6-3-7-16(25)11-15/h3,6,8-11,13H,1-2,4-5,7,12H2,(H,24,26). The number of nitrogens with one attached hydrogen (secondary N) is 1. The number of hydrogen-bond acceptors (Lipinski definition) is 3. The van der Waals surface area contributed by atoms with Crippen molar-refractivity contribution in [2.24, 2.45) is 5.92 Å². The lowest BCUT2D eigenvalue weighted by molar-refractivity contribution is -0.137. The third-order valence-electron chi connectivity index (χ3n) is 4.69. The largest absolute Gasteiger partial charge is 0.492 e. The molecule has 1 saturated carbocycles. The molecule has 0 spiro atoms. The second-order valence-corrected chi connectivity index (χ2v) is 6.80. The minimum absolute atomic E-state index is 0.00770. The summed E-state index contributed by atoms with van der Waals surface area (Å²) in [4.78, 5) is 24.0. The molecule has 1 amide bonds. The van der Waals surface area contributed by atoms with Crippen LogP contribution in [0.2, 0.25) is 0 Å². The first-order chi connectivity index (χ1) is 12.8. The van der Waals surface area contributed by atoms with E-state index < -0.39 is 17.6 Å². The number of amides is 1. The second kappa shape index (κ2) is 7.98. The van der Waals surface area contributed by atoms with Crippen molar-refractivity contribution in [2.45, 2.75) is 38.3 Å². The van der Waals surface area contributed by atoms with Crippen molar-refractivity contribution in [2.75, 3.05) is 6.61 Å². The molecule has 1 fully saturated rings. The first kappa shape index (κ1) is 19.2. The molecule has 0 bridgehead atoms. The highest BCUT2D eigenvalue weighted by Crippen LogP contribution is 2.34. The van der Waals surface area contributed by atoms with Crippen LogP contribution in [0.15, 0.2) is 42.1 Å². The molecule has 4 nitrogen and oxygen atoms in total. The van der Waals surface area contributed by atoms with Crippen LogP contribution in [0.3, 0.4) is 0 Å². The van der Waals surface area contributed by atoms with Gasteiger partial charge >= 0.3 is 6.18 Å². The van der Waals surface area contributed by atoms with Crippen LogP contribution >= 0.6 is 0 Å². The summed E-state index contributed by atoms with van der Waals surface area (Å²) in [7, 11) is 0. The van der Waals surface area contributed by atoms with Crippen LogP contribution in [0.5, 0.6) is 5.75 Å². The summed E-state index contributed by atoms with van der Waals surface area (Å²) in [5.41, 5.74) is -0.557. The molecule has 2 aliphatic rings. The Hall–Kier alpha value is -2.57. The fourth-order valence-corrected chi connectivity index (χ4v) is 3.25. The number of ether oxygens (including phenoxy) is 1. The van der Waals surface area contributed by atoms with Gasteiger partial charge in [0.15, 0.2) is 5.78 Å². The molecule has 7 heteroatoms. The van der Waals surface area contributed by atoms with Gasteiger partial charge in [-0.3, -0.25) is 9.59 Å². The van der Waals surface area contributed by atoms with Gasteiger partial charge in [-0.2, -0.15) is 13.2 Å². The van der Waals surface area contributed by atoms with Crippen LogP contribution in [0.1, 0.15) is 48.0 Å². The van der Waals surface area contributed by atoms with E-state index in [4.69, 9.17) is 4.74 Å². The minimum atomic E-state index is -4.53. The Bertz CT molecular complexity index is 790. The molecule has 1 aromatic rings. The van der Waals surface area contributed by atoms with Gasteiger partial charge in [0.2, 0.25) is 0 Å². The molecule has 2 aliphatic carbocycles. The average molecular weight is 379 g/mol. The number of carbonyl (C=O) groups is 2. The van der Waals surface area contributed by atoms with Gasteiger partial charge < -0.3 is 10.1 Å². The van der Waals surface area contributed by atoms with Gasteiger partial charge in [-0.05, 0) is 43.0 Å². The van der Waals surface area contributed by atoms with Gasteiger partial charge in [-0.1, -0.05) is 18.9 Å². The highest BCUT2D eigenvalue weighted by atomic mass is 19.4. The Kier molecular flexibility index (Phi) is 5.68. The molecule has 0 unspecified atom stereocenters. The number of ketones is 1. The van der Waals surface area contributed by atoms with Gasteiger partial charge in [-0.25, -0.2) is 0 Å². The first-order valence-electron chi connectivity index (χ1n) is 8.89. The summed E-state index contributed by atoms with van der Waals surface area (Å²) in [6.45, 7) is 0.280. The Morgan fingerprint density at radius 1 is 1.22 bits per heavy atom. The zero-order chi connectivity index (χ0) is 19.4. The van der Waals surface area contributed by atoms with Gasteiger partial charge in [0, 0.05) is 18.2 Å². The predicted molar refractivity (Wildman–Crippen MR) is 93.2 cm³/mol. The lowest BCUT2D eigenvalue weighted by atomic mass is 10.1. The molecule has 0 atom stereocenters. The summed E-state index contributed by atoms with van der Waals surface area (Å²) in [6.07, 6.45) is 4.33. The number of halogens is 3. The summed E-state index contributed by atoms with van der Waals surface area (Å²) < 4.78 is 44.8. The number of rotatable bonds is 5. The van der Waals surface area contributed by atoms with Gasteiger partial charge in [0.05, 0.1) is 17.7 Å². The number of hydrogen-bond donors (Lipinski definition) is 1. The first-order valence-corrected chi connectivity index (χ1v) is 8.89. The van der Waals surface area contributed by atoms with E-state index in [-0.39, 0.29) is 36.0 Å². The predicted octanol–water partition coefficient (Wildman–Crippen LogP) is 4.42. The number of benzene rings is 1. The van der Waals surface area contributed by atoms with E-state index >= 15 is 0 Å². The molecule has 0 saturated heterocycles. The Labute approximate surface area is 155 Å². The normalized spacial score (nSPS) is 17.7. The summed E-state index contributed by atoms with van der Waals surface area (Å²) in [6, 6.07) is 2.82. The zero-order valence-corrected chi connectivity index (χ0v) is 14.6. The van der Waals surface area contributed by atoms with E-state index in [1.165, 1.54) is 6.08 Å². The highest BCUT2D eigenvalue weighted by Gasteiger charge is 2.32. The topological polar surface area (TPSA) is 55.4 Å². The van der Waals surface area contributed by atoms with Crippen molar-refractivity contribution >= 4 is 11.7 Å². The van der Waals surface area contributed by atoms with Crippen molar-refractivity contribution in [3.05, 3.63) is 53.3 Å². The van der Waals surface area contributed by atoms with Crippen LogP contribution in [0, 0.1) is 5.92 Å². The molecule has 1 aromatic carbocycles. The van der Waals surface area contributed by atoms with Crippen LogP contribution in [0.4, 0.5) is 13.2 Å². The van der Waals surface area contributed by atoms with Crippen molar-refractivity contribution in [3.8, 4) is 5.75 Å². The lowest BCUT2D eigenvalue weighted by Crippen LogP contribution is -2.25. The van der Waals surface area contributed by atoms with E-state index in [1.54, 1.807) is 12.2 Å². The van der Waals surface area contributed by atoms with Crippen molar-refractivity contribution in [1.82, 2.24) is 5.32 Å². The maximum atomic E-state index is 13.0. The Balaban J connectivity index is 1.82. The molecule has 0 heterocycles. The molecule has 0 aromatic heterocycles. The molecule has 0 aliphatic heterocycles. The smallest absolute Gasteiger partial charge is 0.416 e. The fraction of sp³-hybridized carbons (Fsp3) is 0.400. The van der Waals surface area contributed by atoms with Crippen LogP contribution < -0.4 is 10.1 Å². The third-order valence-corrected chi connectivity index (χ3v) is 4.69. The molecular formula is C20H20F3NO3. The Morgan fingerprint density at radius 2 is 1.96 bits per heavy atom. The van der Waals surface area contributed by atoms with Gasteiger partial charge in [-0.15, -0.1) is 0 Å². The average Bonchev–Trinajstić information content (AvgIpc) is 3.12. The summed E-state index contributed by atoms with van der Waals surface area (Å²) in [5.74, 6) is -0.577. The van der Waals surface area contributed by atoms with E-state index in [9.17, 15) is 22.8 Å². The summed E-state index contributed by atoms with van der Waals surface area (Å²) in [5, 5.41) is 2.55. The number of alkyl halides is 3. The van der Waals surface area contributed by atoms with Gasteiger partial charge in [0.25, 0.3) is 5.91 Å². The van der Waals surface area contributed by atoms with E-state index in [2.05, 4.69) is 5.32 Å². The van der Waals surface area contributed by atoms with Crippen LogP contribution in [0.25, 0.3) is 0 Å². The quantitative estimate of drug-likeness (QED) is 0.824. The minimum Gasteiger partial charge on any atom is -0.492 e. The SMILES string of the molecule is O=C1C=C(NC(=O)c2ccc(C(F)(F)F)cc2OCC2CCCC2)C=CC1. The monoisotopic (exact) mass is 379 g/mol. The molecule has 3 rings (SSSR count). The van der Waals surface area contributed by atoms with Crippen molar-refractivity contribution in [3.63, 3.8) is 0 Å². The second-order valence-electron chi connectivity index (χ2n) is 6.80. The maximum absolute atomic E-state index is 13.0. The van der Waals surface area contributed by atoms with Crippen molar-refractivity contribution in [1.29, 1.82) is 0 Å². The van der Waals surface area contributed by atoms with Crippen molar-refractivity contribution < 1.29 is 27.5 Å². The van der Waals surface area contributed by atoms with Crippen LogP contribution in [-0.4, -0.2) is 18.3 Å². The fourth-order valence-electron chi connectivity index (χ4n) is 3.25. The zero-order valence-electron chi connectivity index (χ0n) is 14.6. The molecule has 1 N–H and O–H groups in total. The lowest BCUT2D eigenvalue weighted by Gasteiger charge is -2.17. The maximum Gasteiger partial charge on any atom is 0.416 e. The molecule has 0 radical (unpaired) electrons. The summed E-state index contributed by atoms with van der Waals surface area (Å²) >= 11 is 0. The Morgan fingerprint density at radius 3 is 2.63 bits per heavy atom. The van der Waals surface area contributed by atoms with Gasteiger partial charge in [0.1, 0.15) is 5.75 Å². The number of carbonyl (C=O) groups excluding carboxylic acids is 2. The van der Waals surface area contributed by atoms with E-state index in [0.717, 1.165) is 43.9 Å². The number of allylic oxidation sites excluding steroid dienone is 3. The third kappa shape index (κ3) is 4.99. The van der Waals surface area contributed by atoms with E-state index in [0.29, 0.717) is 5.70 Å². The molecular weight excluding hydrogens is 359 g/mol. The highest BCUT2D eigenvalue weighted by molar-refractivity contribution is 6.00. The van der Waals surface area contributed by atoms with E-state index in [1.807, 2.05) is 0 Å². The molecule has 27 heavy (non-hydrogen) atoms.